The molecule has 0 unspecified atom stereocenters. The van der Waals surface area contributed by atoms with Crippen LogP contribution in [0, 0.1) is 0 Å². The number of rotatable bonds is 4. The molecule has 0 amide bonds. The molecule has 198 valence electrons. The molecule has 0 aliphatic carbocycles. The third-order valence-corrected chi connectivity index (χ3v) is 8.29. The highest BCUT2D eigenvalue weighted by Gasteiger charge is 2.29. The molecular formula is C35H21F3N2S. The quantitative estimate of drug-likeness (QED) is 0.215. The number of benzene rings is 5. The van der Waals surface area contributed by atoms with Crippen molar-refractivity contribution in [1.82, 2.24) is 9.97 Å². The molecule has 5 aromatic carbocycles. The van der Waals surface area contributed by atoms with Crippen LogP contribution in [0.2, 0.25) is 0 Å². The maximum atomic E-state index is 12.9. The standard InChI is InChI=1S/C35H21F3N2S/c36-35(37,38)31-17-15-23(16-18-31)22-3-5-24(6-4-22)27-11-13-30-21-28(12-14-29(30)20-27)25-7-9-26(10-8-25)34-40-33-32(41-34)2-1-19-39-33/h1-21H. The summed E-state index contributed by atoms with van der Waals surface area (Å²) in [5, 5.41) is 3.24. The fourth-order valence-corrected chi connectivity index (χ4v) is 5.94. The van der Waals surface area contributed by atoms with Crippen LogP contribution in [0.15, 0.2) is 128 Å². The van der Waals surface area contributed by atoms with Crippen molar-refractivity contribution in [2.75, 3.05) is 0 Å². The van der Waals surface area contributed by atoms with Crippen molar-refractivity contribution in [2.24, 2.45) is 0 Å². The molecule has 2 nitrogen and oxygen atoms in total. The first kappa shape index (κ1) is 25.2. The summed E-state index contributed by atoms with van der Waals surface area (Å²) < 4.78 is 39.7. The van der Waals surface area contributed by atoms with Crippen LogP contribution in [0.1, 0.15) is 5.56 Å². The van der Waals surface area contributed by atoms with E-state index in [0.717, 1.165) is 77.2 Å². The van der Waals surface area contributed by atoms with Gasteiger partial charge in [-0.2, -0.15) is 13.2 Å². The number of hydrogen-bond donors (Lipinski definition) is 0. The monoisotopic (exact) mass is 558 g/mol. The topological polar surface area (TPSA) is 25.8 Å². The van der Waals surface area contributed by atoms with E-state index in [1.807, 2.05) is 36.4 Å². The van der Waals surface area contributed by atoms with Crippen molar-refractivity contribution in [3.05, 3.63) is 133 Å². The fraction of sp³-hybridized carbons (Fsp3) is 0.0286. The van der Waals surface area contributed by atoms with Gasteiger partial charge in [-0.3, -0.25) is 0 Å². The minimum absolute atomic E-state index is 0.642. The van der Waals surface area contributed by atoms with E-state index >= 15 is 0 Å². The number of alkyl halides is 3. The SMILES string of the molecule is FC(F)(F)c1ccc(-c2ccc(-c3ccc4cc(-c5ccc(-c6nc7ncccc7s6)cc5)ccc4c3)cc2)cc1. The Hall–Kier alpha value is -4.81. The summed E-state index contributed by atoms with van der Waals surface area (Å²) in [5.74, 6) is 0. The zero-order valence-electron chi connectivity index (χ0n) is 21.6. The maximum Gasteiger partial charge on any atom is 0.416 e. The molecule has 0 N–H and O–H groups in total. The molecule has 7 aromatic rings. The van der Waals surface area contributed by atoms with Gasteiger partial charge in [0.1, 0.15) is 5.01 Å². The van der Waals surface area contributed by atoms with Crippen LogP contribution in [-0.2, 0) is 6.18 Å². The summed E-state index contributed by atoms with van der Waals surface area (Å²) >= 11 is 1.64. The van der Waals surface area contributed by atoms with Crippen molar-refractivity contribution in [2.45, 2.75) is 6.18 Å². The Morgan fingerprint density at radius 1 is 0.512 bits per heavy atom. The Bertz CT molecular complexity index is 1970. The molecule has 0 atom stereocenters. The molecule has 0 saturated heterocycles. The normalized spacial score (nSPS) is 11.8. The van der Waals surface area contributed by atoms with Crippen LogP contribution in [0.25, 0.3) is 65.1 Å². The molecule has 0 aliphatic heterocycles. The summed E-state index contributed by atoms with van der Waals surface area (Å²) in [5.41, 5.74) is 7.25. The number of nitrogens with zero attached hydrogens (tertiary/aromatic N) is 2. The van der Waals surface area contributed by atoms with Gasteiger partial charge in [-0.25, -0.2) is 9.97 Å². The van der Waals surface area contributed by atoms with Crippen molar-refractivity contribution >= 4 is 32.5 Å². The van der Waals surface area contributed by atoms with Gasteiger partial charge < -0.3 is 0 Å². The molecule has 0 radical (unpaired) electrons. The smallest absolute Gasteiger partial charge is 0.236 e. The van der Waals surface area contributed by atoms with Crippen molar-refractivity contribution in [3.8, 4) is 44.0 Å². The molecule has 6 heteroatoms. The number of hydrogen-bond acceptors (Lipinski definition) is 3. The van der Waals surface area contributed by atoms with Crippen LogP contribution >= 0.6 is 11.3 Å². The Kier molecular flexibility index (Phi) is 6.13. The number of fused-ring (bicyclic) bond motifs is 2. The summed E-state index contributed by atoms with van der Waals surface area (Å²) in [6.07, 6.45) is -2.57. The highest BCUT2D eigenvalue weighted by atomic mass is 32.1. The zero-order chi connectivity index (χ0) is 28.0. The number of halogens is 3. The first-order valence-electron chi connectivity index (χ1n) is 13.0. The summed E-state index contributed by atoms with van der Waals surface area (Å²) in [7, 11) is 0. The molecular weight excluding hydrogens is 537 g/mol. The van der Waals surface area contributed by atoms with E-state index in [1.165, 1.54) is 12.1 Å². The Labute approximate surface area is 238 Å². The van der Waals surface area contributed by atoms with Gasteiger partial charge in [0.25, 0.3) is 0 Å². The minimum Gasteiger partial charge on any atom is -0.236 e. The van der Waals surface area contributed by atoms with Crippen molar-refractivity contribution in [1.29, 1.82) is 0 Å². The lowest BCUT2D eigenvalue weighted by Crippen LogP contribution is -2.03. The molecule has 0 bridgehead atoms. The van der Waals surface area contributed by atoms with E-state index in [2.05, 4.69) is 70.6 Å². The van der Waals surface area contributed by atoms with Crippen molar-refractivity contribution in [3.63, 3.8) is 0 Å². The highest BCUT2D eigenvalue weighted by molar-refractivity contribution is 7.21. The van der Waals surface area contributed by atoms with Crippen LogP contribution < -0.4 is 0 Å². The van der Waals surface area contributed by atoms with Gasteiger partial charge in [0.15, 0.2) is 5.65 Å². The Balaban J connectivity index is 1.11. The summed E-state index contributed by atoms with van der Waals surface area (Å²) in [6.45, 7) is 0. The highest BCUT2D eigenvalue weighted by Crippen LogP contribution is 2.34. The van der Waals surface area contributed by atoms with Gasteiger partial charge in [0.2, 0.25) is 0 Å². The Morgan fingerprint density at radius 2 is 0.976 bits per heavy atom. The average molecular weight is 559 g/mol. The Morgan fingerprint density at radius 3 is 1.49 bits per heavy atom. The van der Waals surface area contributed by atoms with Gasteiger partial charge >= 0.3 is 6.18 Å². The summed E-state index contributed by atoms with van der Waals surface area (Å²) in [6, 6.07) is 38.5. The minimum atomic E-state index is -4.33. The van der Waals surface area contributed by atoms with E-state index in [4.69, 9.17) is 0 Å². The van der Waals surface area contributed by atoms with Crippen molar-refractivity contribution < 1.29 is 13.2 Å². The van der Waals surface area contributed by atoms with E-state index in [0.29, 0.717) is 0 Å². The first-order valence-corrected chi connectivity index (χ1v) is 13.9. The van der Waals surface area contributed by atoms with Gasteiger partial charge in [-0.15, -0.1) is 11.3 Å². The third-order valence-electron chi connectivity index (χ3n) is 7.23. The molecule has 7 rings (SSSR count). The van der Waals surface area contributed by atoms with Crippen LogP contribution in [0.3, 0.4) is 0 Å². The van der Waals surface area contributed by atoms with Gasteiger partial charge in [-0.1, -0.05) is 84.9 Å². The average Bonchev–Trinajstić information content (AvgIpc) is 3.45. The van der Waals surface area contributed by atoms with Crippen LogP contribution in [-0.4, -0.2) is 9.97 Å². The molecule has 2 aromatic heterocycles. The molecule has 0 fully saturated rings. The molecule has 0 saturated carbocycles. The van der Waals surface area contributed by atoms with E-state index in [-0.39, 0.29) is 0 Å². The number of thiazole rings is 1. The van der Waals surface area contributed by atoms with Gasteiger partial charge in [0, 0.05) is 11.8 Å². The second kappa shape index (κ2) is 9.98. The second-order valence-corrected chi connectivity index (χ2v) is 10.9. The lowest BCUT2D eigenvalue weighted by Gasteiger charge is -2.10. The van der Waals surface area contributed by atoms with Crippen LogP contribution in [0.4, 0.5) is 13.2 Å². The predicted molar refractivity (Wildman–Crippen MR) is 162 cm³/mol. The van der Waals surface area contributed by atoms with Crippen LogP contribution in [0.5, 0.6) is 0 Å². The maximum absolute atomic E-state index is 12.9. The predicted octanol–water partition coefficient (Wildman–Crippen LogP) is 10.5. The van der Waals surface area contributed by atoms with Gasteiger partial charge in [-0.05, 0) is 80.6 Å². The fourth-order valence-electron chi connectivity index (χ4n) is 5.01. The zero-order valence-corrected chi connectivity index (χ0v) is 22.4. The number of aromatic nitrogens is 2. The van der Waals surface area contributed by atoms with E-state index < -0.39 is 11.7 Å². The van der Waals surface area contributed by atoms with E-state index in [1.54, 1.807) is 17.5 Å². The largest absolute Gasteiger partial charge is 0.416 e. The molecule has 2 heterocycles. The second-order valence-electron chi connectivity index (χ2n) is 9.85. The van der Waals surface area contributed by atoms with Gasteiger partial charge in [0.05, 0.1) is 10.3 Å². The number of pyridine rings is 1. The molecule has 0 spiro atoms. The lowest BCUT2D eigenvalue weighted by atomic mass is 9.96. The summed E-state index contributed by atoms with van der Waals surface area (Å²) in [4.78, 5) is 9.00. The first-order chi connectivity index (χ1) is 19.9. The lowest BCUT2D eigenvalue weighted by molar-refractivity contribution is -0.137. The third kappa shape index (κ3) is 4.98. The molecule has 0 aliphatic rings. The molecule has 41 heavy (non-hydrogen) atoms. The van der Waals surface area contributed by atoms with E-state index in [9.17, 15) is 13.2 Å².